The minimum absolute atomic E-state index is 0.169. The third-order valence-electron chi connectivity index (χ3n) is 3.72. The van der Waals surface area contributed by atoms with Crippen LogP contribution in [-0.4, -0.2) is 16.5 Å². The monoisotopic (exact) mass is 300 g/mol. The van der Waals surface area contributed by atoms with E-state index in [4.69, 9.17) is 0 Å². The van der Waals surface area contributed by atoms with Crippen LogP contribution in [0.4, 0.5) is 0 Å². The van der Waals surface area contributed by atoms with Crippen molar-refractivity contribution in [2.75, 3.05) is 0 Å². The first-order valence-corrected chi connectivity index (χ1v) is 7.44. The molecular weight excluding hydrogens is 284 g/mol. The van der Waals surface area contributed by atoms with Crippen LogP contribution >= 0.6 is 0 Å². The molecule has 2 heteroatoms. The molecule has 0 bridgehead atoms. The van der Waals surface area contributed by atoms with Crippen molar-refractivity contribution in [3.05, 3.63) is 89.5 Å². The van der Waals surface area contributed by atoms with Crippen molar-refractivity contribution < 1.29 is 9.90 Å². The summed E-state index contributed by atoms with van der Waals surface area (Å²) in [6, 6.07) is 19.1. The summed E-state index contributed by atoms with van der Waals surface area (Å²) < 4.78 is 0. The normalized spacial score (nSPS) is 21.3. The molecule has 1 aliphatic carbocycles. The predicted octanol–water partition coefficient (Wildman–Crippen LogP) is 3.38. The highest BCUT2D eigenvalue weighted by Gasteiger charge is 2.36. The standard InChI is InChI=1S/C21H16O2/c22-20-13-15-21(23,14-7-12-17-8-3-1-4-9-17)19(20)16-18-10-5-2-6-11-18/h1-6,8-11,13,15-16,23H,14H2/b19-16+. The van der Waals surface area contributed by atoms with E-state index in [-0.39, 0.29) is 12.2 Å². The van der Waals surface area contributed by atoms with Gasteiger partial charge in [-0.25, -0.2) is 0 Å². The van der Waals surface area contributed by atoms with Crippen LogP contribution in [0.5, 0.6) is 0 Å². The molecule has 0 heterocycles. The highest BCUT2D eigenvalue weighted by Crippen LogP contribution is 2.31. The van der Waals surface area contributed by atoms with Gasteiger partial charge in [-0.2, -0.15) is 0 Å². The first-order valence-electron chi connectivity index (χ1n) is 7.44. The molecule has 0 radical (unpaired) electrons. The van der Waals surface area contributed by atoms with Gasteiger partial charge in [0.05, 0.1) is 0 Å². The number of carbonyl (C=O) groups is 1. The number of ketones is 1. The lowest BCUT2D eigenvalue weighted by atomic mass is 9.91. The van der Waals surface area contributed by atoms with E-state index in [9.17, 15) is 9.90 Å². The lowest BCUT2D eigenvalue weighted by Gasteiger charge is -2.19. The molecule has 0 fully saturated rings. The SMILES string of the molecule is O=C1C=CC(O)(CC#Cc2ccccc2)/C1=C/c1ccccc1. The molecule has 0 saturated carbocycles. The third-order valence-corrected chi connectivity index (χ3v) is 3.72. The maximum Gasteiger partial charge on any atom is 0.184 e. The van der Waals surface area contributed by atoms with Crippen molar-refractivity contribution in [1.82, 2.24) is 0 Å². The van der Waals surface area contributed by atoms with Crippen LogP contribution in [0.25, 0.3) is 6.08 Å². The largest absolute Gasteiger partial charge is 0.380 e. The van der Waals surface area contributed by atoms with Crippen molar-refractivity contribution >= 4 is 11.9 Å². The summed E-state index contributed by atoms with van der Waals surface area (Å²) >= 11 is 0. The van der Waals surface area contributed by atoms with Crippen molar-refractivity contribution in [2.24, 2.45) is 0 Å². The second kappa shape index (κ2) is 6.48. The fraction of sp³-hybridized carbons (Fsp3) is 0.0952. The number of rotatable bonds is 2. The fourth-order valence-corrected chi connectivity index (χ4v) is 2.48. The molecule has 1 atom stereocenters. The van der Waals surface area contributed by atoms with Gasteiger partial charge in [-0.15, -0.1) is 0 Å². The molecule has 0 saturated heterocycles. The molecule has 0 aliphatic heterocycles. The zero-order chi connectivity index (χ0) is 16.1. The van der Waals surface area contributed by atoms with Crippen LogP contribution in [0.2, 0.25) is 0 Å². The molecule has 23 heavy (non-hydrogen) atoms. The van der Waals surface area contributed by atoms with E-state index in [1.54, 1.807) is 6.08 Å². The quantitative estimate of drug-likeness (QED) is 0.682. The fourth-order valence-electron chi connectivity index (χ4n) is 2.48. The Kier molecular flexibility index (Phi) is 4.23. The van der Waals surface area contributed by atoms with E-state index in [0.717, 1.165) is 11.1 Å². The lowest BCUT2D eigenvalue weighted by Crippen LogP contribution is -2.27. The smallest absolute Gasteiger partial charge is 0.184 e. The minimum Gasteiger partial charge on any atom is -0.380 e. The molecule has 1 unspecified atom stereocenters. The van der Waals surface area contributed by atoms with E-state index in [1.807, 2.05) is 60.7 Å². The molecule has 1 N–H and O–H groups in total. The topological polar surface area (TPSA) is 37.3 Å². The van der Waals surface area contributed by atoms with Crippen LogP contribution in [0.1, 0.15) is 17.5 Å². The highest BCUT2D eigenvalue weighted by molar-refractivity contribution is 6.12. The van der Waals surface area contributed by atoms with Gasteiger partial charge in [0.15, 0.2) is 5.78 Å². The number of aliphatic hydroxyl groups is 1. The first-order chi connectivity index (χ1) is 11.2. The van der Waals surface area contributed by atoms with Crippen molar-refractivity contribution in [2.45, 2.75) is 12.0 Å². The zero-order valence-electron chi connectivity index (χ0n) is 12.6. The predicted molar refractivity (Wildman–Crippen MR) is 91.5 cm³/mol. The summed E-state index contributed by atoms with van der Waals surface area (Å²) in [6.07, 6.45) is 4.86. The number of carbonyl (C=O) groups excluding carboxylic acids is 1. The third kappa shape index (κ3) is 3.48. The van der Waals surface area contributed by atoms with Gasteiger partial charge in [-0.05, 0) is 35.9 Å². The van der Waals surface area contributed by atoms with Crippen LogP contribution in [0.3, 0.4) is 0 Å². The maximum atomic E-state index is 12.1. The molecule has 0 amide bonds. The minimum atomic E-state index is -1.32. The average molecular weight is 300 g/mol. The Labute approximate surface area is 135 Å². The van der Waals surface area contributed by atoms with Crippen LogP contribution in [0.15, 0.2) is 78.4 Å². The highest BCUT2D eigenvalue weighted by atomic mass is 16.3. The molecule has 3 rings (SSSR count). The lowest BCUT2D eigenvalue weighted by molar-refractivity contribution is -0.111. The molecule has 0 spiro atoms. The first kappa shape index (κ1) is 15.0. The van der Waals surface area contributed by atoms with E-state index in [2.05, 4.69) is 11.8 Å². The summed E-state index contributed by atoms with van der Waals surface area (Å²) in [4.78, 5) is 12.1. The van der Waals surface area contributed by atoms with Crippen molar-refractivity contribution in [1.29, 1.82) is 0 Å². The van der Waals surface area contributed by atoms with Crippen LogP contribution < -0.4 is 0 Å². The summed E-state index contributed by atoms with van der Waals surface area (Å²) in [5, 5.41) is 10.8. The number of hydrogen-bond donors (Lipinski definition) is 1. The van der Waals surface area contributed by atoms with Gasteiger partial charge >= 0.3 is 0 Å². The van der Waals surface area contributed by atoms with Crippen LogP contribution in [-0.2, 0) is 4.79 Å². The molecule has 2 aromatic rings. The van der Waals surface area contributed by atoms with Gasteiger partial charge in [-0.3, -0.25) is 4.79 Å². The van der Waals surface area contributed by atoms with Gasteiger partial charge in [-0.1, -0.05) is 60.4 Å². The molecule has 1 aliphatic rings. The number of hydrogen-bond acceptors (Lipinski definition) is 2. The number of benzene rings is 2. The van der Waals surface area contributed by atoms with E-state index in [1.165, 1.54) is 12.2 Å². The Morgan fingerprint density at radius 2 is 1.65 bits per heavy atom. The Bertz CT molecular complexity index is 820. The molecule has 0 aromatic heterocycles. The zero-order valence-corrected chi connectivity index (χ0v) is 12.6. The summed E-state index contributed by atoms with van der Waals surface area (Å²) in [7, 11) is 0. The van der Waals surface area contributed by atoms with Gasteiger partial charge < -0.3 is 5.11 Å². The Balaban J connectivity index is 1.85. The van der Waals surface area contributed by atoms with Crippen LogP contribution in [0, 0.1) is 11.8 Å². The van der Waals surface area contributed by atoms with E-state index >= 15 is 0 Å². The van der Waals surface area contributed by atoms with Crippen molar-refractivity contribution in [3.63, 3.8) is 0 Å². The van der Waals surface area contributed by atoms with Gasteiger partial charge in [0.1, 0.15) is 5.60 Å². The Hall–Kier alpha value is -2.89. The second-order valence-corrected chi connectivity index (χ2v) is 5.44. The number of allylic oxidation sites excluding steroid dienone is 1. The summed E-state index contributed by atoms with van der Waals surface area (Å²) in [5.74, 6) is 5.82. The van der Waals surface area contributed by atoms with Crippen molar-refractivity contribution in [3.8, 4) is 11.8 Å². The van der Waals surface area contributed by atoms with Gasteiger partial charge in [0.25, 0.3) is 0 Å². The average Bonchev–Trinajstić information content (AvgIpc) is 2.86. The molecule has 112 valence electrons. The second-order valence-electron chi connectivity index (χ2n) is 5.44. The molecule has 2 aromatic carbocycles. The Morgan fingerprint density at radius 1 is 1.00 bits per heavy atom. The Morgan fingerprint density at radius 3 is 2.35 bits per heavy atom. The summed E-state index contributed by atoms with van der Waals surface area (Å²) in [6.45, 7) is 0. The van der Waals surface area contributed by atoms with E-state index in [0.29, 0.717) is 5.57 Å². The van der Waals surface area contributed by atoms with Gasteiger partial charge in [0, 0.05) is 17.6 Å². The van der Waals surface area contributed by atoms with E-state index < -0.39 is 5.60 Å². The molecular formula is C21H16O2. The maximum absolute atomic E-state index is 12.1. The summed E-state index contributed by atoms with van der Waals surface area (Å²) in [5.41, 5.74) is 0.812. The van der Waals surface area contributed by atoms with Gasteiger partial charge in [0.2, 0.25) is 0 Å². The molecule has 2 nitrogen and oxygen atoms in total.